The monoisotopic (exact) mass is 147 g/mol. The fourth-order valence-electron chi connectivity index (χ4n) is 0.705. The maximum absolute atomic E-state index is 5.86. The fraction of sp³-hybridized carbons (Fsp3) is 0.800. The summed E-state index contributed by atoms with van der Waals surface area (Å²) in [6, 6.07) is 0. The first-order chi connectivity index (χ1) is 4.25. The lowest BCUT2D eigenvalue weighted by atomic mass is 10.6. The predicted molar refractivity (Wildman–Crippen MR) is 38.3 cm³/mol. The van der Waals surface area contributed by atoms with Gasteiger partial charge in [0.2, 0.25) is 0 Å². The lowest BCUT2D eigenvalue weighted by Crippen LogP contribution is -2.32. The van der Waals surface area contributed by atoms with Crippen molar-refractivity contribution in [1.82, 2.24) is 9.91 Å². The van der Waals surface area contributed by atoms with Gasteiger partial charge in [0, 0.05) is 13.6 Å². The summed E-state index contributed by atoms with van der Waals surface area (Å²) in [6.07, 6.45) is 1.75. The maximum Gasteiger partial charge on any atom is 0.195 e. The van der Waals surface area contributed by atoms with E-state index in [9.17, 15) is 0 Å². The Kier molecular flexibility index (Phi) is 1.81. The number of hydrazone groups is 1. The molecule has 0 radical (unpaired) electrons. The zero-order valence-corrected chi connectivity index (χ0v) is 6.34. The number of halogens is 1. The van der Waals surface area contributed by atoms with Crippen molar-refractivity contribution in [2.75, 3.05) is 13.6 Å². The van der Waals surface area contributed by atoms with Crippen LogP contribution in [0.4, 0.5) is 0 Å². The van der Waals surface area contributed by atoms with E-state index in [0.29, 0.717) is 0 Å². The topological polar surface area (TPSA) is 18.8 Å². The molecule has 0 N–H and O–H groups in total. The van der Waals surface area contributed by atoms with Crippen molar-refractivity contribution in [3.63, 3.8) is 0 Å². The molecule has 1 aliphatic heterocycles. The van der Waals surface area contributed by atoms with Crippen LogP contribution in [0.3, 0.4) is 0 Å². The number of nitrogens with zero attached hydrogens (tertiary/aromatic N) is 3. The molecule has 0 aliphatic carbocycles. The molecule has 1 unspecified atom stereocenters. The Hall–Kier alpha value is -0.440. The van der Waals surface area contributed by atoms with Gasteiger partial charge in [0.25, 0.3) is 0 Å². The largest absolute Gasteiger partial charge is 0.327 e. The normalized spacial score (nSPS) is 25.9. The third kappa shape index (κ3) is 1.10. The second-order valence-electron chi connectivity index (χ2n) is 1.95. The van der Waals surface area contributed by atoms with E-state index in [0.717, 1.165) is 6.54 Å². The summed E-state index contributed by atoms with van der Waals surface area (Å²) < 4.78 is 0. The van der Waals surface area contributed by atoms with Gasteiger partial charge in [0.15, 0.2) is 5.62 Å². The van der Waals surface area contributed by atoms with E-state index in [1.54, 1.807) is 11.3 Å². The van der Waals surface area contributed by atoms with Crippen LogP contribution in [0.15, 0.2) is 5.10 Å². The third-order valence-corrected chi connectivity index (χ3v) is 1.86. The number of hydrogen-bond acceptors (Lipinski definition) is 3. The molecule has 0 saturated carbocycles. The first kappa shape index (κ1) is 6.68. The summed E-state index contributed by atoms with van der Waals surface area (Å²) in [7, 11) is 1.85. The van der Waals surface area contributed by atoms with Gasteiger partial charge >= 0.3 is 0 Å². The molecule has 0 aromatic heterocycles. The smallest absolute Gasteiger partial charge is 0.195 e. The molecule has 1 aliphatic rings. The van der Waals surface area contributed by atoms with E-state index in [2.05, 4.69) is 5.10 Å². The minimum atomic E-state index is -0.0880. The Morgan fingerprint density at radius 3 is 2.67 bits per heavy atom. The lowest BCUT2D eigenvalue weighted by Gasteiger charge is -2.20. The SMILES string of the molecule is CCN1C=NN(C)C1Cl. The molecular weight excluding hydrogens is 138 g/mol. The summed E-state index contributed by atoms with van der Waals surface area (Å²) in [4.78, 5) is 1.95. The zero-order valence-electron chi connectivity index (χ0n) is 5.58. The van der Waals surface area contributed by atoms with Gasteiger partial charge in [-0.1, -0.05) is 11.6 Å². The molecule has 1 heterocycles. The molecule has 0 aromatic rings. The summed E-state index contributed by atoms with van der Waals surface area (Å²) in [5.41, 5.74) is -0.0880. The van der Waals surface area contributed by atoms with Crippen molar-refractivity contribution >= 4 is 17.9 Å². The molecule has 4 heteroatoms. The highest BCUT2D eigenvalue weighted by atomic mass is 35.5. The summed E-state index contributed by atoms with van der Waals surface area (Å²) in [5.74, 6) is 0. The van der Waals surface area contributed by atoms with Gasteiger partial charge < -0.3 is 4.90 Å². The molecule has 0 spiro atoms. The standard InChI is InChI=1S/C5H10ClN3/c1-3-9-4-7-8(2)5(9)6/h4-5H,3H2,1-2H3. The Morgan fingerprint density at radius 2 is 2.44 bits per heavy atom. The minimum absolute atomic E-state index is 0.0880. The first-order valence-electron chi connectivity index (χ1n) is 2.92. The molecule has 1 atom stereocenters. The van der Waals surface area contributed by atoms with Crippen molar-refractivity contribution < 1.29 is 0 Å². The fourth-order valence-corrected chi connectivity index (χ4v) is 0.944. The van der Waals surface area contributed by atoms with Crippen molar-refractivity contribution in [3.05, 3.63) is 0 Å². The van der Waals surface area contributed by atoms with Crippen LogP contribution in [0.1, 0.15) is 6.92 Å². The van der Waals surface area contributed by atoms with Gasteiger partial charge in [-0.2, -0.15) is 5.10 Å². The predicted octanol–water partition coefficient (Wildman–Crippen LogP) is 0.719. The van der Waals surface area contributed by atoms with E-state index < -0.39 is 0 Å². The van der Waals surface area contributed by atoms with Crippen LogP contribution in [0, 0.1) is 0 Å². The van der Waals surface area contributed by atoms with Crippen LogP contribution in [-0.2, 0) is 0 Å². The third-order valence-electron chi connectivity index (χ3n) is 1.33. The van der Waals surface area contributed by atoms with Crippen LogP contribution < -0.4 is 0 Å². The molecule has 0 fully saturated rings. The van der Waals surface area contributed by atoms with Gasteiger partial charge in [0.05, 0.1) is 0 Å². The highest BCUT2D eigenvalue weighted by Gasteiger charge is 2.19. The van der Waals surface area contributed by atoms with Gasteiger partial charge in [-0.3, -0.25) is 5.01 Å². The van der Waals surface area contributed by atoms with Gasteiger partial charge in [0.1, 0.15) is 6.34 Å². The number of alkyl halides is 1. The van der Waals surface area contributed by atoms with Crippen LogP contribution in [-0.4, -0.2) is 35.5 Å². The highest BCUT2D eigenvalue weighted by molar-refractivity contribution is 6.20. The highest BCUT2D eigenvalue weighted by Crippen LogP contribution is 2.12. The van der Waals surface area contributed by atoms with E-state index in [4.69, 9.17) is 11.6 Å². The number of rotatable bonds is 1. The molecule has 0 saturated heterocycles. The maximum atomic E-state index is 5.86. The van der Waals surface area contributed by atoms with Crippen molar-refractivity contribution in [1.29, 1.82) is 0 Å². The van der Waals surface area contributed by atoms with E-state index in [1.165, 1.54) is 0 Å². The van der Waals surface area contributed by atoms with E-state index >= 15 is 0 Å². The molecule has 3 nitrogen and oxygen atoms in total. The van der Waals surface area contributed by atoms with Crippen LogP contribution in [0.5, 0.6) is 0 Å². The molecule has 0 bridgehead atoms. The van der Waals surface area contributed by atoms with Gasteiger partial charge in [-0.15, -0.1) is 0 Å². The average Bonchev–Trinajstić information content (AvgIpc) is 2.15. The molecule has 0 amide bonds. The van der Waals surface area contributed by atoms with Gasteiger partial charge in [-0.25, -0.2) is 0 Å². The molecule has 1 rings (SSSR count). The second-order valence-corrected chi connectivity index (χ2v) is 2.34. The molecular formula is C5H10ClN3. The van der Waals surface area contributed by atoms with Crippen LogP contribution in [0.2, 0.25) is 0 Å². The Bertz CT molecular complexity index is 125. The molecule has 52 valence electrons. The minimum Gasteiger partial charge on any atom is -0.327 e. The first-order valence-corrected chi connectivity index (χ1v) is 3.36. The summed E-state index contributed by atoms with van der Waals surface area (Å²) in [5, 5.41) is 5.69. The quantitative estimate of drug-likeness (QED) is 0.402. The second kappa shape index (κ2) is 2.43. The van der Waals surface area contributed by atoms with E-state index in [1.807, 2.05) is 18.9 Å². The Labute approximate surface area is 59.9 Å². The van der Waals surface area contributed by atoms with Crippen LogP contribution in [0.25, 0.3) is 0 Å². The Balaban J connectivity index is 2.51. The average molecular weight is 148 g/mol. The van der Waals surface area contributed by atoms with E-state index in [-0.39, 0.29) is 5.62 Å². The molecule has 0 aromatic carbocycles. The number of hydrogen-bond donors (Lipinski definition) is 0. The van der Waals surface area contributed by atoms with Crippen molar-refractivity contribution in [3.8, 4) is 0 Å². The van der Waals surface area contributed by atoms with Crippen molar-refractivity contribution in [2.45, 2.75) is 12.5 Å². The van der Waals surface area contributed by atoms with Gasteiger partial charge in [-0.05, 0) is 6.92 Å². The van der Waals surface area contributed by atoms with Crippen molar-refractivity contribution in [2.24, 2.45) is 5.10 Å². The summed E-state index contributed by atoms with van der Waals surface area (Å²) >= 11 is 5.86. The molecule has 9 heavy (non-hydrogen) atoms. The van der Waals surface area contributed by atoms with Crippen LogP contribution >= 0.6 is 11.6 Å². The lowest BCUT2D eigenvalue weighted by molar-refractivity contribution is 0.244. The summed E-state index contributed by atoms with van der Waals surface area (Å²) in [6.45, 7) is 2.95. The zero-order chi connectivity index (χ0) is 6.85. The Morgan fingerprint density at radius 1 is 1.78 bits per heavy atom.